The van der Waals surface area contributed by atoms with Crippen molar-refractivity contribution in [2.75, 3.05) is 0 Å². The van der Waals surface area contributed by atoms with E-state index < -0.39 is 9.05 Å². The average Bonchev–Trinajstić information content (AvgIpc) is 2.34. The van der Waals surface area contributed by atoms with Crippen LogP contribution in [0, 0.1) is 0 Å². The van der Waals surface area contributed by atoms with E-state index >= 15 is 0 Å². The smallest absolute Gasteiger partial charge is 0.262 e. The zero-order chi connectivity index (χ0) is 15.8. The standard InChI is InChI=1S/C13H14BrCl2NO3S/c1-2-13(4-3-5-13)17-12(18)9-6-8(14)7-10(11(9)15)21(16,19)20/h6-7H,2-5H2,1H3,(H,17,18). The molecule has 1 amide bonds. The molecule has 1 aromatic carbocycles. The van der Waals surface area contributed by atoms with Crippen LogP contribution in [0.25, 0.3) is 0 Å². The Hall–Kier alpha value is -0.300. The first-order chi connectivity index (χ1) is 9.68. The van der Waals surface area contributed by atoms with E-state index in [1.165, 1.54) is 12.1 Å². The van der Waals surface area contributed by atoms with Crippen LogP contribution in [0.3, 0.4) is 0 Å². The molecule has 1 fully saturated rings. The highest BCUT2D eigenvalue weighted by Gasteiger charge is 2.37. The Labute approximate surface area is 141 Å². The Morgan fingerprint density at radius 3 is 2.48 bits per heavy atom. The number of carbonyl (C=O) groups is 1. The summed E-state index contributed by atoms with van der Waals surface area (Å²) in [6, 6.07) is 2.77. The summed E-state index contributed by atoms with van der Waals surface area (Å²) in [4.78, 5) is 12.1. The summed E-state index contributed by atoms with van der Waals surface area (Å²) in [6.45, 7) is 2.01. The number of hydrogen-bond acceptors (Lipinski definition) is 3. The van der Waals surface area contributed by atoms with Crippen LogP contribution < -0.4 is 5.32 Å². The van der Waals surface area contributed by atoms with Gasteiger partial charge in [0.05, 0.1) is 10.6 Å². The molecule has 0 spiro atoms. The molecule has 0 heterocycles. The zero-order valence-electron chi connectivity index (χ0n) is 11.3. The second-order valence-corrected chi connectivity index (χ2v) is 8.97. The van der Waals surface area contributed by atoms with Gasteiger partial charge >= 0.3 is 0 Å². The van der Waals surface area contributed by atoms with Crippen molar-refractivity contribution in [1.29, 1.82) is 0 Å². The lowest BCUT2D eigenvalue weighted by molar-refractivity contribution is 0.0820. The second-order valence-electron chi connectivity index (χ2n) is 5.14. The highest BCUT2D eigenvalue weighted by atomic mass is 79.9. The van der Waals surface area contributed by atoms with Crippen molar-refractivity contribution >= 4 is 53.2 Å². The van der Waals surface area contributed by atoms with Crippen LogP contribution in [0.2, 0.25) is 5.02 Å². The molecule has 116 valence electrons. The quantitative estimate of drug-likeness (QED) is 0.754. The fraction of sp³-hybridized carbons (Fsp3) is 0.462. The molecule has 21 heavy (non-hydrogen) atoms. The summed E-state index contributed by atoms with van der Waals surface area (Å²) in [5.41, 5.74) is -0.104. The van der Waals surface area contributed by atoms with Crippen molar-refractivity contribution < 1.29 is 13.2 Å². The van der Waals surface area contributed by atoms with Crippen LogP contribution in [-0.4, -0.2) is 19.9 Å². The topological polar surface area (TPSA) is 63.2 Å². The van der Waals surface area contributed by atoms with Gasteiger partial charge in [-0.1, -0.05) is 34.5 Å². The van der Waals surface area contributed by atoms with E-state index in [4.69, 9.17) is 22.3 Å². The fourth-order valence-corrected chi connectivity index (χ4v) is 4.57. The maximum atomic E-state index is 12.4. The number of nitrogens with one attached hydrogen (secondary N) is 1. The lowest BCUT2D eigenvalue weighted by atomic mass is 9.74. The highest BCUT2D eigenvalue weighted by Crippen LogP contribution is 2.36. The van der Waals surface area contributed by atoms with Gasteiger partial charge in [0.1, 0.15) is 4.90 Å². The van der Waals surface area contributed by atoms with Crippen LogP contribution >= 0.6 is 38.2 Å². The van der Waals surface area contributed by atoms with Gasteiger partial charge in [0.15, 0.2) is 0 Å². The number of hydrogen-bond donors (Lipinski definition) is 1. The molecule has 2 rings (SSSR count). The molecule has 0 aromatic heterocycles. The van der Waals surface area contributed by atoms with Crippen molar-refractivity contribution in [3.8, 4) is 0 Å². The molecule has 1 N–H and O–H groups in total. The van der Waals surface area contributed by atoms with Crippen LogP contribution in [0.5, 0.6) is 0 Å². The lowest BCUT2D eigenvalue weighted by Gasteiger charge is -2.42. The average molecular weight is 415 g/mol. The molecule has 1 saturated carbocycles. The lowest BCUT2D eigenvalue weighted by Crippen LogP contribution is -2.53. The summed E-state index contributed by atoms with van der Waals surface area (Å²) in [5.74, 6) is -0.385. The number of benzene rings is 1. The van der Waals surface area contributed by atoms with Crippen molar-refractivity contribution in [3.63, 3.8) is 0 Å². The van der Waals surface area contributed by atoms with Crippen molar-refractivity contribution in [2.24, 2.45) is 0 Å². The van der Waals surface area contributed by atoms with Gasteiger partial charge in [-0.3, -0.25) is 4.79 Å². The molecule has 0 bridgehead atoms. The Balaban J connectivity index is 2.40. The maximum absolute atomic E-state index is 12.4. The zero-order valence-corrected chi connectivity index (χ0v) is 15.2. The van der Waals surface area contributed by atoms with E-state index in [1.807, 2.05) is 6.92 Å². The van der Waals surface area contributed by atoms with E-state index in [0.29, 0.717) is 4.47 Å². The predicted molar refractivity (Wildman–Crippen MR) is 86.5 cm³/mol. The molecular weight excluding hydrogens is 401 g/mol. The minimum absolute atomic E-state index is 0.102. The molecule has 0 unspecified atom stereocenters. The largest absolute Gasteiger partial charge is 0.347 e. The minimum Gasteiger partial charge on any atom is -0.347 e. The number of amides is 1. The van der Waals surface area contributed by atoms with Gasteiger partial charge in [0.25, 0.3) is 15.0 Å². The third-order valence-electron chi connectivity index (χ3n) is 3.88. The Morgan fingerprint density at radius 2 is 2.05 bits per heavy atom. The van der Waals surface area contributed by atoms with Gasteiger partial charge in [-0.05, 0) is 37.8 Å². The van der Waals surface area contributed by atoms with Crippen molar-refractivity contribution in [3.05, 3.63) is 27.2 Å². The molecule has 1 aliphatic rings. The number of carbonyl (C=O) groups excluding carboxylic acids is 1. The summed E-state index contributed by atoms with van der Waals surface area (Å²) >= 11 is 9.22. The molecule has 0 radical (unpaired) electrons. The number of halogens is 3. The van der Waals surface area contributed by atoms with Gasteiger partial charge in [-0.2, -0.15) is 0 Å². The van der Waals surface area contributed by atoms with E-state index in [0.717, 1.165) is 25.7 Å². The van der Waals surface area contributed by atoms with E-state index in [-0.39, 0.29) is 26.9 Å². The Bertz CT molecular complexity index is 681. The molecule has 4 nitrogen and oxygen atoms in total. The normalized spacial score (nSPS) is 17.1. The molecule has 1 aromatic rings. The first-order valence-corrected chi connectivity index (χ1v) is 9.93. The predicted octanol–water partition coefficient (Wildman–Crippen LogP) is 4.09. The van der Waals surface area contributed by atoms with Crippen LogP contribution in [0.4, 0.5) is 0 Å². The van der Waals surface area contributed by atoms with Gasteiger partial charge < -0.3 is 5.32 Å². The van der Waals surface area contributed by atoms with Crippen molar-refractivity contribution in [1.82, 2.24) is 5.32 Å². The van der Waals surface area contributed by atoms with E-state index in [9.17, 15) is 13.2 Å². The Morgan fingerprint density at radius 1 is 1.43 bits per heavy atom. The third-order valence-corrected chi connectivity index (χ3v) is 6.20. The van der Waals surface area contributed by atoms with Crippen LogP contribution in [-0.2, 0) is 9.05 Å². The van der Waals surface area contributed by atoms with E-state index in [2.05, 4.69) is 21.2 Å². The summed E-state index contributed by atoms with van der Waals surface area (Å²) in [5, 5.41) is 2.80. The molecule has 0 atom stereocenters. The first-order valence-electron chi connectivity index (χ1n) is 6.45. The molecule has 0 aliphatic heterocycles. The SMILES string of the molecule is CCC1(NC(=O)c2cc(Br)cc(S(=O)(=O)Cl)c2Cl)CCC1. The summed E-state index contributed by atoms with van der Waals surface area (Å²) < 4.78 is 23.5. The third kappa shape index (κ3) is 3.55. The Kier molecular flexibility index (Phi) is 4.93. The van der Waals surface area contributed by atoms with Gasteiger partial charge in [0, 0.05) is 20.7 Å². The van der Waals surface area contributed by atoms with Gasteiger partial charge in [0.2, 0.25) is 0 Å². The summed E-state index contributed by atoms with van der Waals surface area (Å²) in [6.07, 6.45) is 3.73. The molecule has 1 aliphatic carbocycles. The summed E-state index contributed by atoms with van der Waals surface area (Å²) in [7, 11) is 1.32. The van der Waals surface area contributed by atoms with Crippen molar-refractivity contribution in [2.45, 2.75) is 43.0 Å². The maximum Gasteiger partial charge on any atom is 0.262 e. The fourth-order valence-electron chi connectivity index (χ4n) is 2.39. The monoisotopic (exact) mass is 413 g/mol. The van der Waals surface area contributed by atoms with Gasteiger partial charge in [-0.15, -0.1) is 0 Å². The minimum atomic E-state index is -4.02. The van der Waals surface area contributed by atoms with E-state index in [1.54, 1.807) is 0 Å². The van der Waals surface area contributed by atoms with Crippen LogP contribution in [0.1, 0.15) is 43.0 Å². The highest BCUT2D eigenvalue weighted by molar-refractivity contribution is 9.10. The first kappa shape index (κ1) is 17.1. The number of rotatable bonds is 4. The second kappa shape index (κ2) is 6.07. The molecule has 8 heteroatoms. The molecular formula is C13H14BrCl2NO3S. The van der Waals surface area contributed by atoms with Crippen LogP contribution in [0.15, 0.2) is 21.5 Å². The van der Waals surface area contributed by atoms with Gasteiger partial charge in [-0.25, -0.2) is 8.42 Å². The molecule has 0 saturated heterocycles.